The van der Waals surface area contributed by atoms with Crippen molar-refractivity contribution in [3.05, 3.63) is 34.6 Å². The Bertz CT molecular complexity index is 750. The monoisotopic (exact) mass is 346 g/mol. The first-order chi connectivity index (χ1) is 11.6. The molecule has 2 aromatic heterocycles. The number of rotatable bonds is 4. The van der Waals surface area contributed by atoms with Crippen molar-refractivity contribution in [1.29, 1.82) is 0 Å². The van der Waals surface area contributed by atoms with Gasteiger partial charge in [-0.25, -0.2) is 9.97 Å². The zero-order chi connectivity index (χ0) is 16.7. The lowest BCUT2D eigenvalue weighted by molar-refractivity contribution is 0.102. The molecule has 0 aliphatic heterocycles. The SMILES string of the molecule is COC1CCc2cc(-c3cnc(CC4(C)CCCC4)o3)c(Cl)nc21. The Morgan fingerprint density at radius 3 is 2.92 bits per heavy atom. The minimum absolute atomic E-state index is 0.0548. The van der Waals surface area contributed by atoms with Gasteiger partial charge in [0, 0.05) is 13.5 Å². The van der Waals surface area contributed by atoms with Crippen LogP contribution in [0, 0.1) is 5.41 Å². The molecule has 0 saturated heterocycles. The van der Waals surface area contributed by atoms with E-state index in [4.69, 9.17) is 20.8 Å². The van der Waals surface area contributed by atoms with E-state index in [2.05, 4.69) is 23.0 Å². The second kappa shape index (κ2) is 6.16. The van der Waals surface area contributed by atoms with Crippen LogP contribution < -0.4 is 0 Å². The molecule has 1 fully saturated rings. The molecule has 0 bridgehead atoms. The summed E-state index contributed by atoms with van der Waals surface area (Å²) in [6.45, 7) is 2.33. The lowest BCUT2D eigenvalue weighted by Crippen LogP contribution is -2.14. The lowest BCUT2D eigenvalue weighted by atomic mass is 9.85. The summed E-state index contributed by atoms with van der Waals surface area (Å²) in [5.74, 6) is 1.52. The molecule has 1 unspecified atom stereocenters. The van der Waals surface area contributed by atoms with E-state index in [1.165, 1.54) is 31.2 Å². The van der Waals surface area contributed by atoms with Crippen LogP contribution in [0.2, 0.25) is 5.15 Å². The Hall–Kier alpha value is -1.39. The number of aryl methyl sites for hydroxylation is 1. The van der Waals surface area contributed by atoms with Crippen molar-refractivity contribution in [2.75, 3.05) is 7.11 Å². The highest BCUT2D eigenvalue weighted by Crippen LogP contribution is 2.41. The molecule has 0 aromatic carbocycles. The molecule has 2 heterocycles. The molecular weight excluding hydrogens is 324 g/mol. The third kappa shape index (κ3) is 2.86. The first kappa shape index (κ1) is 16.1. The number of nitrogens with zero attached hydrogens (tertiary/aromatic N) is 2. The van der Waals surface area contributed by atoms with Gasteiger partial charge in [0.15, 0.2) is 11.7 Å². The van der Waals surface area contributed by atoms with Gasteiger partial charge in [-0.2, -0.15) is 0 Å². The van der Waals surface area contributed by atoms with Crippen LogP contribution in [0.25, 0.3) is 11.3 Å². The first-order valence-electron chi connectivity index (χ1n) is 8.75. The maximum Gasteiger partial charge on any atom is 0.195 e. The maximum absolute atomic E-state index is 6.42. The number of aromatic nitrogens is 2. The Balaban J connectivity index is 1.61. The second-order valence-electron chi connectivity index (χ2n) is 7.45. The third-order valence-corrected chi connectivity index (χ3v) is 5.85. The van der Waals surface area contributed by atoms with Gasteiger partial charge >= 0.3 is 0 Å². The van der Waals surface area contributed by atoms with E-state index in [1.54, 1.807) is 13.3 Å². The van der Waals surface area contributed by atoms with Crippen LogP contribution in [-0.4, -0.2) is 17.1 Å². The number of fused-ring (bicyclic) bond motifs is 1. The van der Waals surface area contributed by atoms with Crippen LogP contribution in [0.4, 0.5) is 0 Å². The van der Waals surface area contributed by atoms with Crippen molar-refractivity contribution >= 4 is 11.6 Å². The summed E-state index contributed by atoms with van der Waals surface area (Å²) in [5.41, 5.74) is 3.32. The molecule has 0 N–H and O–H groups in total. The van der Waals surface area contributed by atoms with Gasteiger partial charge in [-0.3, -0.25) is 0 Å². The van der Waals surface area contributed by atoms with Crippen molar-refractivity contribution in [3.63, 3.8) is 0 Å². The summed E-state index contributed by atoms with van der Waals surface area (Å²) in [4.78, 5) is 9.05. The number of halogens is 1. The van der Waals surface area contributed by atoms with E-state index in [0.717, 1.165) is 36.4 Å². The molecule has 2 aliphatic rings. The molecule has 24 heavy (non-hydrogen) atoms. The lowest BCUT2D eigenvalue weighted by Gasteiger charge is -2.20. The fourth-order valence-electron chi connectivity index (χ4n) is 4.14. The summed E-state index contributed by atoms with van der Waals surface area (Å²) in [6, 6.07) is 2.09. The molecular formula is C19H23ClN2O2. The summed E-state index contributed by atoms with van der Waals surface area (Å²) < 4.78 is 11.5. The van der Waals surface area contributed by atoms with Crippen LogP contribution in [-0.2, 0) is 17.6 Å². The van der Waals surface area contributed by atoms with E-state index in [9.17, 15) is 0 Å². The number of pyridine rings is 1. The van der Waals surface area contributed by atoms with Crippen LogP contribution in [0.5, 0.6) is 0 Å². The van der Waals surface area contributed by atoms with E-state index in [0.29, 0.717) is 16.3 Å². The normalized spacial score (nSPS) is 22.0. The molecule has 0 spiro atoms. The summed E-state index contributed by atoms with van der Waals surface area (Å²) in [6.07, 6.45) is 9.79. The quantitative estimate of drug-likeness (QED) is 0.718. The Morgan fingerprint density at radius 1 is 1.38 bits per heavy atom. The van der Waals surface area contributed by atoms with Crippen LogP contribution in [0.15, 0.2) is 16.7 Å². The fraction of sp³-hybridized carbons (Fsp3) is 0.579. The maximum atomic E-state index is 6.42. The van der Waals surface area contributed by atoms with Gasteiger partial charge in [-0.15, -0.1) is 0 Å². The predicted molar refractivity (Wildman–Crippen MR) is 93.1 cm³/mol. The largest absolute Gasteiger partial charge is 0.441 e. The highest BCUT2D eigenvalue weighted by atomic mass is 35.5. The van der Waals surface area contributed by atoms with E-state index in [-0.39, 0.29) is 6.10 Å². The van der Waals surface area contributed by atoms with Crippen molar-refractivity contribution < 1.29 is 9.15 Å². The number of ether oxygens (including phenoxy) is 1. The zero-order valence-corrected chi connectivity index (χ0v) is 15.0. The number of hydrogen-bond acceptors (Lipinski definition) is 4. The Labute approximate surface area is 147 Å². The van der Waals surface area contributed by atoms with Gasteiger partial charge in [0.25, 0.3) is 0 Å². The number of oxazole rings is 1. The number of hydrogen-bond donors (Lipinski definition) is 0. The van der Waals surface area contributed by atoms with Crippen molar-refractivity contribution in [1.82, 2.24) is 9.97 Å². The van der Waals surface area contributed by atoms with Crippen LogP contribution >= 0.6 is 11.6 Å². The minimum atomic E-state index is 0.0548. The standard InChI is InChI=1S/C19H23ClN2O2/c1-19(7-3-4-8-19)10-16-21-11-15(24-16)13-9-12-5-6-14(23-2)17(12)22-18(13)20/h9,11,14H,3-8,10H2,1-2H3. The second-order valence-corrected chi connectivity index (χ2v) is 7.80. The van der Waals surface area contributed by atoms with E-state index in [1.807, 2.05) is 0 Å². The molecule has 1 saturated carbocycles. The molecule has 4 rings (SSSR count). The fourth-order valence-corrected chi connectivity index (χ4v) is 4.38. The molecule has 2 aromatic rings. The molecule has 0 radical (unpaired) electrons. The van der Waals surface area contributed by atoms with Gasteiger partial charge in [-0.1, -0.05) is 31.4 Å². The van der Waals surface area contributed by atoms with Gasteiger partial charge in [0.2, 0.25) is 0 Å². The molecule has 2 aliphatic carbocycles. The zero-order valence-electron chi connectivity index (χ0n) is 14.3. The van der Waals surface area contributed by atoms with Gasteiger partial charge in [0.05, 0.1) is 23.6 Å². The number of methoxy groups -OCH3 is 1. The first-order valence-corrected chi connectivity index (χ1v) is 9.13. The topological polar surface area (TPSA) is 48.2 Å². The summed E-state index contributed by atoms with van der Waals surface area (Å²) in [7, 11) is 1.72. The van der Waals surface area contributed by atoms with Crippen molar-refractivity contribution in [2.24, 2.45) is 5.41 Å². The van der Waals surface area contributed by atoms with Crippen LogP contribution in [0.1, 0.15) is 62.3 Å². The highest BCUT2D eigenvalue weighted by Gasteiger charge is 2.31. The van der Waals surface area contributed by atoms with Crippen molar-refractivity contribution in [2.45, 2.75) is 58.0 Å². The third-order valence-electron chi connectivity index (χ3n) is 5.56. The average molecular weight is 347 g/mol. The van der Waals surface area contributed by atoms with Gasteiger partial charge in [0.1, 0.15) is 5.15 Å². The summed E-state index contributed by atoms with van der Waals surface area (Å²) in [5, 5.41) is 0.465. The molecule has 5 heteroatoms. The van der Waals surface area contributed by atoms with Gasteiger partial charge in [-0.05, 0) is 42.7 Å². The minimum Gasteiger partial charge on any atom is -0.441 e. The Kier molecular flexibility index (Phi) is 4.13. The summed E-state index contributed by atoms with van der Waals surface area (Å²) >= 11 is 6.42. The van der Waals surface area contributed by atoms with Crippen molar-refractivity contribution in [3.8, 4) is 11.3 Å². The Morgan fingerprint density at radius 2 is 2.17 bits per heavy atom. The molecule has 128 valence electrons. The van der Waals surface area contributed by atoms with E-state index < -0.39 is 0 Å². The van der Waals surface area contributed by atoms with E-state index >= 15 is 0 Å². The van der Waals surface area contributed by atoms with Gasteiger partial charge < -0.3 is 9.15 Å². The highest BCUT2D eigenvalue weighted by molar-refractivity contribution is 6.32. The average Bonchev–Trinajstić information content (AvgIpc) is 3.27. The molecule has 0 amide bonds. The smallest absolute Gasteiger partial charge is 0.195 e. The molecule has 4 nitrogen and oxygen atoms in total. The predicted octanol–water partition coefficient (Wildman–Crippen LogP) is 5.15. The molecule has 1 atom stereocenters. The van der Waals surface area contributed by atoms with Crippen LogP contribution in [0.3, 0.4) is 0 Å².